The predicted molar refractivity (Wildman–Crippen MR) is 96.1 cm³/mol. The number of rotatable bonds is 5. The van der Waals surface area contributed by atoms with E-state index in [0.717, 1.165) is 10.0 Å². The zero-order valence-electron chi connectivity index (χ0n) is 13.0. The van der Waals surface area contributed by atoms with Crippen molar-refractivity contribution in [2.45, 2.75) is 6.92 Å². The van der Waals surface area contributed by atoms with Gasteiger partial charge in [0.1, 0.15) is 5.75 Å². The summed E-state index contributed by atoms with van der Waals surface area (Å²) in [7, 11) is 0. The van der Waals surface area contributed by atoms with Gasteiger partial charge in [-0.05, 0) is 36.8 Å². The first-order valence-corrected chi connectivity index (χ1v) is 8.01. The van der Waals surface area contributed by atoms with Gasteiger partial charge in [-0.3, -0.25) is 9.59 Å². The Morgan fingerprint density at radius 1 is 1.17 bits per heavy atom. The first-order valence-electron chi connectivity index (χ1n) is 7.22. The van der Waals surface area contributed by atoms with Gasteiger partial charge in [0.2, 0.25) is 0 Å². The summed E-state index contributed by atoms with van der Waals surface area (Å²) < 4.78 is 6.28. The normalized spacial score (nSPS) is 10.4. The molecule has 0 unspecified atom stereocenters. The Labute approximate surface area is 148 Å². The van der Waals surface area contributed by atoms with Crippen molar-refractivity contribution in [1.29, 1.82) is 0 Å². The fourth-order valence-electron chi connectivity index (χ4n) is 1.83. The van der Waals surface area contributed by atoms with E-state index < -0.39 is 11.8 Å². The van der Waals surface area contributed by atoms with Crippen molar-refractivity contribution in [2.75, 3.05) is 11.9 Å². The van der Waals surface area contributed by atoms with Gasteiger partial charge in [0.05, 0.1) is 18.5 Å². The summed E-state index contributed by atoms with van der Waals surface area (Å²) in [5.41, 5.74) is 3.39. The lowest BCUT2D eigenvalue weighted by molar-refractivity contribution is -0.136. The van der Waals surface area contributed by atoms with Crippen molar-refractivity contribution in [3.63, 3.8) is 0 Å². The van der Waals surface area contributed by atoms with Gasteiger partial charge in [0.15, 0.2) is 0 Å². The van der Waals surface area contributed by atoms with Crippen LogP contribution in [0.5, 0.6) is 5.75 Å². The highest BCUT2D eigenvalue weighted by Crippen LogP contribution is 2.23. The molecule has 2 amide bonds. The van der Waals surface area contributed by atoms with Gasteiger partial charge in [0.25, 0.3) is 0 Å². The van der Waals surface area contributed by atoms with Gasteiger partial charge >= 0.3 is 11.8 Å². The van der Waals surface area contributed by atoms with Crippen LogP contribution in [0.1, 0.15) is 12.5 Å². The highest BCUT2D eigenvalue weighted by Gasteiger charge is 2.15. The largest absolute Gasteiger partial charge is 0.492 e. The van der Waals surface area contributed by atoms with Gasteiger partial charge < -0.3 is 10.1 Å². The van der Waals surface area contributed by atoms with Crippen LogP contribution in [0.2, 0.25) is 0 Å². The maximum Gasteiger partial charge on any atom is 0.329 e. The Balaban J connectivity index is 1.94. The molecule has 24 heavy (non-hydrogen) atoms. The minimum atomic E-state index is -0.868. The summed E-state index contributed by atoms with van der Waals surface area (Å²) in [4.78, 5) is 23.7. The van der Waals surface area contributed by atoms with Crippen molar-refractivity contribution in [3.05, 3.63) is 58.6 Å². The Kier molecular flexibility index (Phi) is 6.51. The molecule has 0 aromatic heterocycles. The number of nitrogens with one attached hydrogen (secondary N) is 2. The predicted octanol–water partition coefficient (Wildman–Crippen LogP) is 2.94. The molecule has 0 aliphatic rings. The summed E-state index contributed by atoms with van der Waals surface area (Å²) in [5, 5.41) is 6.26. The van der Waals surface area contributed by atoms with Crippen molar-refractivity contribution in [2.24, 2.45) is 5.10 Å². The lowest BCUT2D eigenvalue weighted by Crippen LogP contribution is -2.32. The van der Waals surface area contributed by atoms with Crippen molar-refractivity contribution in [1.82, 2.24) is 5.43 Å². The fourth-order valence-corrected chi connectivity index (χ4v) is 2.25. The Hall–Kier alpha value is -2.67. The smallest absolute Gasteiger partial charge is 0.329 e. The molecule has 0 bridgehead atoms. The Morgan fingerprint density at radius 2 is 1.96 bits per heavy atom. The number of anilines is 1. The maximum atomic E-state index is 11.9. The molecule has 2 N–H and O–H groups in total. The number of ether oxygens (including phenoxy) is 1. The number of carbonyl (C=O) groups is 2. The average Bonchev–Trinajstić information content (AvgIpc) is 2.57. The van der Waals surface area contributed by atoms with Crippen LogP contribution in [0.3, 0.4) is 0 Å². The number of nitrogens with zero attached hydrogens (tertiary/aromatic N) is 1. The molecule has 0 fully saturated rings. The summed E-state index contributed by atoms with van der Waals surface area (Å²) in [6.07, 6.45) is 1.45. The third kappa shape index (κ3) is 5.20. The number of amides is 2. The number of para-hydroxylation sites is 2. The molecule has 0 saturated carbocycles. The number of carbonyl (C=O) groups excluding carboxylic acids is 2. The molecule has 0 heterocycles. The molecule has 0 atom stereocenters. The van der Waals surface area contributed by atoms with Crippen molar-refractivity contribution in [3.8, 4) is 5.75 Å². The Morgan fingerprint density at radius 3 is 2.71 bits per heavy atom. The highest BCUT2D eigenvalue weighted by molar-refractivity contribution is 9.10. The third-order valence-electron chi connectivity index (χ3n) is 2.87. The average molecular weight is 390 g/mol. The molecule has 2 aromatic carbocycles. The van der Waals surface area contributed by atoms with E-state index in [-0.39, 0.29) is 0 Å². The van der Waals surface area contributed by atoms with E-state index in [1.807, 2.05) is 31.2 Å². The molecular weight excluding hydrogens is 374 g/mol. The monoisotopic (exact) mass is 389 g/mol. The highest BCUT2D eigenvalue weighted by atomic mass is 79.9. The lowest BCUT2D eigenvalue weighted by Gasteiger charge is -2.10. The van der Waals surface area contributed by atoms with E-state index in [0.29, 0.717) is 18.0 Å². The van der Waals surface area contributed by atoms with Crippen LogP contribution >= 0.6 is 15.9 Å². The first-order chi connectivity index (χ1) is 11.6. The third-order valence-corrected chi connectivity index (χ3v) is 3.36. The number of hydrogen-bond donors (Lipinski definition) is 2. The SMILES string of the molecule is CCOc1ccccc1NC(=O)C(=O)N/N=C/c1cccc(Br)c1. The lowest BCUT2D eigenvalue weighted by atomic mass is 10.2. The summed E-state index contributed by atoms with van der Waals surface area (Å²) in [5.74, 6) is -1.19. The number of halogens is 1. The zero-order valence-corrected chi connectivity index (χ0v) is 14.5. The minimum Gasteiger partial charge on any atom is -0.492 e. The molecule has 124 valence electrons. The van der Waals surface area contributed by atoms with Crippen molar-refractivity contribution < 1.29 is 14.3 Å². The summed E-state index contributed by atoms with van der Waals surface area (Å²) in [6, 6.07) is 14.2. The minimum absolute atomic E-state index is 0.426. The van der Waals surface area contributed by atoms with Crippen LogP contribution in [0.25, 0.3) is 0 Å². The van der Waals surface area contributed by atoms with E-state index in [1.54, 1.807) is 24.3 Å². The number of hydrogen-bond acceptors (Lipinski definition) is 4. The van der Waals surface area contributed by atoms with Crippen LogP contribution in [-0.2, 0) is 9.59 Å². The zero-order chi connectivity index (χ0) is 17.4. The second-order valence-electron chi connectivity index (χ2n) is 4.64. The van der Waals surface area contributed by atoms with E-state index >= 15 is 0 Å². The molecule has 6 nitrogen and oxygen atoms in total. The molecule has 0 aliphatic heterocycles. The number of hydrazone groups is 1. The quantitative estimate of drug-likeness (QED) is 0.468. The summed E-state index contributed by atoms with van der Waals surface area (Å²) in [6.45, 7) is 2.29. The molecule has 2 aromatic rings. The van der Waals surface area contributed by atoms with Crippen LogP contribution in [0.15, 0.2) is 58.1 Å². The van der Waals surface area contributed by atoms with E-state index in [9.17, 15) is 9.59 Å². The molecule has 7 heteroatoms. The summed E-state index contributed by atoms with van der Waals surface area (Å²) >= 11 is 3.34. The van der Waals surface area contributed by atoms with Crippen LogP contribution in [0, 0.1) is 0 Å². The van der Waals surface area contributed by atoms with Gasteiger partial charge in [0, 0.05) is 4.47 Å². The Bertz CT molecular complexity index is 762. The standard InChI is InChI=1S/C17H16BrN3O3/c1-2-24-15-9-4-3-8-14(15)20-16(22)17(23)21-19-11-12-6-5-7-13(18)10-12/h3-11H,2H2,1H3,(H,20,22)(H,21,23)/b19-11+. The van der Waals surface area contributed by atoms with Crippen LogP contribution in [-0.4, -0.2) is 24.6 Å². The van der Waals surface area contributed by atoms with Gasteiger partial charge in [-0.1, -0.05) is 40.2 Å². The molecule has 0 spiro atoms. The van der Waals surface area contributed by atoms with E-state index in [1.165, 1.54) is 6.21 Å². The van der Waals surface area contributed by atoms with E-state index in [4.69, 9.17) is 4.74 Å². The molecule has 0 aliphatic carbocycles. The van der Waals surface area contributed by atoms with Crippen LogP contribution < -0.4 is 15.5 Å². The molecule has 0 saturated heterocycles. The second kappa shape index (κ2) is 8.83. The van der Waals surface area contributed by atoms with Gasteiger partial charge in [-0.25, -0.2) is 5.43 Å². The van der Waals surface area contributed by atoms with Crippen LogP contribution in [0.4, 0.5) is 5.69 Å². The van der Waals surface area contributed by atoms with Gasteiger partial charge in [-0.15, -0.1) is 0 Å². The van der Waals surface area contributed by atoms with Gasteiger partial charge in [-0.2, -0.15) is 5.10 Å². The second-order valence-corrected chi connectivity index (χ2v) is 5.55. The topological polar surface area (TPSA) is 79.8 Å². The number of benzene rings is 2. The first kappa shape index (κ1) is 17.7. The van der Waals surface area contributed by atoms with Crippen molar-refractivity contribution >= 4 is 39.6 Å². The maximum absolute atomic E-state index is 11.9. The van der Waals surface area contributed by atoms with E-state index in [2.05, 4.69) is 31.8 Å². The molecular formula is C17H16BrN3O3. The fraction of sp³-hybridized carbons (Fsp3) is 0.118. The molecule has 2 rings (SSSR count). The molecule has 0 radical (unpaired) electrons.